The van der Waals surface area contributed by atoms with Crippen molar-refractivity contribution in [1.82, 2.24) is 5.32 Å². The Kier molecular flexibility index (Phi) is 5.93. The predicted octanol–water partition coefficient (Wildman–Crippen LogP) is 2.67. The summed E-state index contributed by atoms with van der Waals surface area (Å²) in [5, 5.41) is 3.00. The van der Waals surface area contributed by atoms with Gasteiger partial charge in [-0.3, -0.25) is 0 Å². The molecule has 106 valence electrons. The van der Waals surface area contributed by atoms with Crippen LogP contribution in [0.25, 0.3) is 0 Å². The summed E-state index contributed by atoms with van der Waals surface area (Å²) in [6.07, 6.45) is 5.15. The molecule has 1 aliphatic carbocycles. The van der Waals surface area contributed by atoms with Gasteiger partial charge in [0.15, 0.2) is 0 Å². The second-order valence-electron chi connectivity index (χ2n) is 5.95. The third-order valence-corrected chi connectivity index (χ3v) is 3.95. The van der Waals surface area contributed by atoms with Crippen LogP contribution in [0.3, 0.4) is 0 Å². The predicted molar refractivity (Wildman–Crippen MR) is 73.4 cm³/mol. The molecular weight excluding hydrogens is 228 g/mol. The molecule has 3 N–H and O–H groups in total. The molecule has 4 heteroatoms. The Morgan fingerprint density at radius 1 is 1.44 bits per heavy atom. The van der Waals surface area contributed by atoms with Gasteiger partial charge in [-0.05, 0) is 37.5 Å². The molecule has 0 unspecified atom stereocenters. The van der Waals surface area contributed by atoms with E-state index in [0.717, 1.165) is 31.6 Å². The molecule has 0 radical (unpaired) electrons. The molecule has 0 atom stereocenters. The highest BCUT2D eigenvalue weighted by Crippen LogP contribution is 2.33. The normalized spacial score (nSPS) is 28.2. The van der Waals surface area contributed by atoms with E-state index in [1.54, 1.807) is 0 Å². The minimum absolute atomic E-state index is 0.236. The Bertz CT molecular complexity index is 259. The fraction of sp³-hybridized carbons (Fsp3) is 0.929. The second kappa shape index (κ2) is 6.98. The zero-order valence-corrected chi connectivity index (χ0v) is 12.0. The first kappa shape index (κ1) is 15.3. The third kappa shape index (κ3) is 4.48. The van der Waals surface area contributed by atoms with E-state index in [-0.39, 0.29) is 11.6 Å². The van der Waals surface area contributed by atoms with Crippen LogP contribution in [0.5, 0.6) is 0 Å². The fourth-order valence-corrected chi connectivity index (χ4v) is 2.51. The molecule has 0 bridgehead atoms. The standard InChI is InChI=1S/C14H28N2O2/c1-4-12-5-7-14(10-15,8-6-12)16-13(17)18-9-11(2)3/h11-12H,4-10,15H2,1-3H3,(H,16,17). The molecular formula is C14H28N2O2. The van der Waals surface area contributed by atoms with E-state index < -0.39 is 0 Å². The summed E-state index contributed by atoms with van der Waals surface area (Å²) < 4.78 is 5.18. The lowest BCUT2D eigenvalue weighted by molar-refractivity contribution is 0.108. The third-order valence-electron chi connectivity index (χ3n) is 3.95. The van der Waals surface area contributed by atoms with Crippen LogP contribution < -0.4 is 11.1 Å². The summed E-state index contributed by atoms with van der Waals surface area (Å²) >= 11 is 0. The summed E-state index contributed by atoms with van der Waals surface area (Å²) in [5.74, 6) is 1.15. The zero-order valence-electron chi connectivity index (χ0n) is 12.0. The summed E-state index contributed by atoms with van der Waals surface area (Å²) in [4.78, 5) is 11.7. The van der Waals surface area contributed by atoms with E-state index in [4.69, 9.17) is 10.5 Å². The number of alkyl carbamates (subject to hydrolysis) is 1. The van der Waals surface area contributed by atoms with Crippen molar-refractivity contribution >= 4 is 6.09 Å². The molecule has 0 aromatic rings. The summed E-state index contributed by atoms with van der Waals surface area (Å²) in [5.41, 5.74) is 5.62. The summed E-state index contributed by atoms with van der Waals surface area (Å²) in [6, 6.07) is 0. The molecule has 1 saturated carbocycles. The minimum atomic E-state index is -0.316. The SMILES string of the molecule is CCC1CCC(CN)(NC(=O)OCC(C)C)CC1. The number of carbonyl (C=O) groups is 1. The molecule has 0 saturated heterocycles. The van der Waals surface area contributed by atoms with E-state index in [2.05, 4.69) is 12.2 Å². The molecule has 0 aromatic carbocycles. The van der Waals surface area contributed by atoms with Gasteiger partial charge >= 0.3 is 6.09 Å². The molecule has 0 heterocycles. The monoisotopic (exact) mass is 256 g/mol. The van der Waals surface area contributed by atoms with Crippen molar-refractivity contribution in [3.63, 3.8) is 0 Å². The second-order valence-corrected chi connectivity index (χ2v) is 5.95. The first-order chi connectivity index (χ1) is 8.51. The maximum atomic E-state index is 11.7. The number of amides is 1. The van der Waals surface area contributed by atoms with Crippen LogP contribution in [-0.2, 0) is 4.74 Å². The molecule has 0 aromatic heterocycles. The van der Waals surface area contributed by atoms with Gasteiger partial charge in [-0.2, -0.15) is 0 Å². The molecule has 4 nitrogen and oxygen atoms in total. The average Bonchev–Trinajstić information content (AvgIpc) is 2.37. The van der Waals surface area contributed by atoms with Crippen LogP contribution in [0.2, 0.25) is 0 Å². The van der Waals surface area contributed by atoms with E-state index in [1.807, 2.05) is 13.8 Å². The quantitative estimate of drug-likeness (QED) is 0.795. The smallest absolute Gasteiger partial charge is 0.407 e. The molecule has 1 rings (SSSR count). The Morgan fingerprint density at radius 2 is 2.06 bits per heavy atom. The number of hydrogen-bond acceptors (Lipinski definition) is 3. The van der Waals surface area contributed by atoms with Crippen LogP contribution in [0, 0.1) is 11.8 Å². The first-order valence-corrected chi connectivity index (χ1v) is 7.16. The number of carbonyl (C=O) groups excluding carboxylic acids is 1. The van der Waals surface area contributed by atoms with Gasteiger partial charge in [0.2, 0.25) is 0 Å². The van der Waals surface area contributed by atoms with Crippen molar-refractivity contribution in [3.05, 3.63) is 0 Å². The van der Waals surface area contributed by atoms with Crippen molar-refractivity contribution in [2.75, 3.05) is 13.2 Å². The highest BCUT2D eigenvalue weighted by Gasteiger charge is 2.35. The number of nitrogens with two attached hydrogens (primary N) is 1. The highest BCUT2D eigenvalue weighted by molar-refractivity contribution is 5.68. The summed E-state index contributed by atoms with van der Waals surface area (Å²) in [7, 11) is 0. The van der Waals surface area contributed by atoms with E-state index >= 15 is 0 Å². The lowest BCUT2D eigenvalue weighted by Gasteiger charge is -2.39. The number of nitrogens with one attached hydrogen (secondary N) is 1. The maximum absolute atomic E-state index is 11.7. The Morgan fingerprint density at radius 3 is 2.50 bits per heavy atom. The molecule has 0 spiro atoms. The van der Waals surface area contributed by atoms with Crippen molar-refractivity contribution in [2.24, 2.45) is 17.6 Å². The van der Waals surface area contributed by atoms with Crippen molar-refractivity contribution in [2.45, 2.75) is 58.4 Å². The maximum Gasteiger partial charge on any atom is 0.407 e. The van der Waals surface area contributed by atoms with Crippen molar-refractivity contribution in [1.29, 1.82) is 0 Å². The minimum Gasteiger partial charge on any atom is -0.449 e. The van der Waals surface area contributed by atoms with Gasteiger partial charge in [0, 0.05) is 6.54 Å². The van der Waals surface area contributed by atoms with Crippen molar-refractivity contribution < 1.29 is 9.53 Å². The average molecular weight is 256 g/mol. The van der Waals surface area contributed by atoms with Gasteiger partial charge in [-0.15, -0.1) is 0 Å². The molecule has 0 aliphatic heterocycles. The Balaban J connectivity index is 2.43. The Labute approximate surface area is 111 Å². The topological polar surface area (TPSA) is 64.3 Å². The Hall–Kier alpha value is -0.770. The van der Waals surface area contributed by atoms with Crippen LogP contribution in [0.4, 0.5) is 4.79 Å². The van der Waals surface area contributed by atoms with Crippen LogP contribution in [0.1, 0.15) is 52.9 Å². The van der Waals surface area contributed by atoms with Gasteiger partial charge in [0.1, 0.15) is 0 Å². The molecule has 1 fully saturated rings. The van der Waals surface area contributed by atoms with E-state index in [0.29, 0.717) is 19.1 Å². The zero-order chi connectivity index (χ0) is 13.6. The van der Waals surface area contributed by atoms with Gasteiger partial charge in [-0.25, -0.2) is 4.79 Å². The highest BCUT2D eigenvalue weighted by atomic mass is 16.5. The largest absolute Gasteiger partial charge is 0.449 e. The molecule has 18 heavy (non-hydrogen) atoms. The van der Waals surface area contributed by atoms with Crippen molar-refractivity contribution in [3.8, 4) is 0 Å². The van der Waals surface area contributed by atoms with Gasteiger partial charge in [0.05, 0.1) is 12.1 Å². The fourth-order valence-electron chi connectivity index (χ4n) is 2.51. The van der Waals surface area contributed by atoms with E-state index in [9.17, 15) is 4.79 Å². The summed E-state index contributed by atoms with van der Waals surface area (Å²) in [6.45, 7) is 7.24. The lowest BCUT2D eigenvalue weighted by Crippen LogP contribution is -2.55. The first-order valence-electron chi connectivity index (χ1n) is 7.16. The van der Waals surface area contributed by atoms with E-state index in [1.165, 1.54) is 6.42 Å². The molecule has 1 amide bonds. The number of hydrogen-bond donors (Lipinski definition) is 2. The van der Waals surface area contributed by atoms with Crippen LogP contribution in [0.15, 0.2) is 0 Å². The number of ether oxygens (including phenoxy) is 1. The van der Waals surface area contributed by atoms with Gasteiger partial charge in [-0.1, -0.05) is 27.2 Å². The van der Waals surface area contributed by atoms with Crippen LogP contribution in [-0.4, -0.2) is 24.8 Å². The lowest BCUT2D eigenvalue weighted by atomic mass is 9.75. The van der Waals surface area contributed by atoms with Crippen LogP contribution >= 0.6 is 0 Å². The van der Waals surface area contributed by atoms with Gasteiger partial charge in [0.25, 0.3) is 0 Å². The molecule has 1 aliphatic rings. The number of rotatable bonds is 5. The van der Waals surface area contributed by atoms with Gasteiger partial charge < -0.3 is 15.8 Å².